The van der Waals surface area contributed by atoms with Gasteiger partial charge in [0, 0.05) is 22.4 Å². The number of nitrogens with one attached hydrogen (secondary N) is 1. The number of nitrogens with zero attached hydrogens (tertiary/aromatic N) is 1. The van der Waals surface area contributed by atoms with Crippen molar-refractivity contribution in [2.24, 2.45) is 0 Å². The van der Waals surface area contributed by atoms with Gasteiger partial charge in [0.2, 0.25) is 0 Å². The second kappa shape index (κ2) is 7.81. The maximum Gasteiger partial charge on any atom is 0.182 e. The fourth-order valence-corrected chi connectivity index (χ4v) is 3.02. The average Bonchev–Trinajstić information content (AvgIpc) is 2.63. The average molecular weight is 398 g/mol. The van der Waals surface area contributed by atoms with Gasteiger partial charge in [-0.15, -0.1) is 0 Å². The molecule has 0 atom stereocenters. The first-order valence-corrected chi connectivity index (χ1v) is 9.14. The smallest absolute Gasteiger partial charge is 0.182 e. The highest BCUT2D eigenvalue weighted by Crippen LogP contribution is 2.19. The van der Waals surface area contributed by atoms with Crippen LogP contribution in [0.3, 0.4) is 0 Å². The predicted octanol–water partition coefficient (Wildman–Crippen LogP) is 2.91. The number of benzene rings is 1. The molecule has 0 amide bonds. The molecule has 3 nitrogen and oxygen atoms in total. The Labute approximate surface area is 157 Å². The highest BCUT2D eigenvalue weighted by Gasteiger charge is 2.13. The number of halogens is 1. The van der Waals surface area contributed by atoms with Crippen molar-refractivity contribution < 1.29 is 9.69 Å². The maximum atomic E-state index is 12.3. The van der Waals surface area contributed by atoms with Crippen LogP contribution in [0, 0.1) is 0 Å². The van der Waals surface area contributed by atoms with Crippen molar-refractivity contribution in [3.8, 4) is 0 Å². The number of quaternary nitrogens is 1. The van der Waals surface area contributed by atoms with Crippen LogP contribution in [0.5, 0.6) is 0 Å². The molecule has 1 aliphatic heterocycles. The number of Topliss-reactive ketones (excluding diaryl/α,β-unsaturated/α-hetero) is 1. The molecule has 1 N–H and O–H groups in total. The number of hydrogen-bond donors (Lipinski definition) is 1. The number of rotatable bonds is 4. The monoisotopic (exact) mass is 397 g/mol. The number of allylic oxidation sites excluding steroid dienone is 6. The van der Waals surface area contributed by atoms with Gasteiger partial charge in [0.15, 0.2) is 5.78 Å². The summed E-state index contributed by atoms with van der Waals surface area (Å²) in [6.07, 6.45) is 16.8. The standard InChI is InChI=1S/C21H21BrN2O/c1-23(2)20-9-5-16(6-10-20)17-11-13-24(14-12-17)15-21(25)18-3-7-19(22)8-4-18/h3-14,20H,15H2,1-2H3/p+1. The van der Waals surface area contributed by atoms with Crippen LogP contribution < -0.4 is 4.90 Å². The third kappa shape index (κ3) is 4.47. The molecule has 0 saturated carbocycles. The van der Waals surface area contributed by atoms with Crippen LogP contribution in [0.4, 0.5) is 0 Å². The van der Waals surface area contributed by atoms with Crippen LogP contribution in [0.1, 0.15) is 10.4 Å². The quantitative estimate of drug-likeness (QED) is 0.789. The van der Waals surface area contributed by atoms with E-state index in [1.54, 1.807) is 0 Å². The van der Waals surface area contributed by atoms with Gasteiger partial charge < -0.3 is 9.80 Å². The molecule has 128 valence electrons. The molecule has 2 aliphatic rings. The van der Waals surface area contributed by atoms with Gasteiger partial charge >= 0.3 is 0 Å². The van der Waals surface area contributed by atoms with Crippen molar-refractivity contribution in [2.75, 3.05) is 20.6 Å². The number of carbonyl (C=O) groups is 1. The number of ketones is 1. The third-order valence-corrected chi connectivity index (χ3v) is 4.88. The van der Waals surface area contributed by atoms with E-state index in [9.17, 15) is 4.79 Å². The zero-order valence-electron chi connectivity index (χ0n) is 14.4. The fourth-order valence-electron chi connectivity index (χ4n) is 2.76. The second-order valence-corrected chi connectivity index (χ2v) is 7.38. The molecule has 1 aromatic rings. The minimum Gasteiger partial charge on any atom is -0.347 e. The largest absolute Gasteiger partial charge is 0.347 e. The van der Waals surface area contributed by atoms with Crippen LogP contribution in [-0.4, -0.2) is 37.4 Å². The SMILES string of the molecule is C[NH+](C)C1C=CC(=C2C=CN(CC(=O)c3ccc(Br)cc3)C=C2)C=C1. The highest BCUT2D eigenvalue weighted by atomic mass is 79.9. The van der Waals surface area contributed by atoms with Crippen molar-refractivity contribution in [3.63, 3.8) is 0 Å². The van der Waals surface area contributed by atoms with Gasteiger partial charge in [0.25, 0.3) is 0 Å². The first-order valence-electron chi connectivity index (χ1n) is 8.34. The lowest BCUT2D eigenvalue weighted by Crippen LogP contribution is -3.09. The van der Waals surface area contributed by atoms with E-state index in [-0.39, 0.29) is 5.78 Å². The van der Waals surface area contributed by atoms with Crippen LogP contribution in [-0.2, 0) is 0 Å². The van der Waals surface area contributed by atoms with Gasteiger partial charge in [0.05, 0.1) is 20.6 Å². The molecule has 1 aromatic carbocycles. The van der Waals surface area contributed by atoms with E-state index in [0.29, 0.717) is 12.6 Å². The molecular formula is C21H22BrN2O+. The summed E-state index contributed by atoms with van der Waals surface area (Å²) in [6, 6.07) is 7.90. The van der Waals surface area contributed by atoms with Gasteiger partial charge in [-0.2, -0.15) is 0 Å². The zero-order chi connectivity index (χ0) is 17.8. The summed E-state index contributed by atoms with van der Waals surface area (Å²) in [5, 5.41) is 0. The van der Waals surface area contributed by atoms with Crippen molar-refractivity contribution in [3.05, 3.63) is 94.3 Å². The topological polar surface area (TPSA) is 24.8 Å². The summed E-state index contributed by atoms with van der Waals surface area (Å²) in [5.74, 6) is 0.104. The molecule has 0 fully saturated rings. The fraction of sp³-hybridized carbons (Fsp3) is 0.190. The predicted molar refractivity (Wildman–Crippen MR) is 105 cm³/mol. The van der Waals surface area contributed by atoms with E-state index in [0.717, 1.165) is 15.6 Å². The first-order chi connectivity index (χ1) is 12.0. The van der Waals surface area contributed by atoms with Gasteiger partial charge in [-0.25, -0.2) is 0 Å². The van der Waals surface area contributed by atoms with Gasteiger partial charge in [0.1, 0.15) is 6.04 Å². The summed E-state index contributed by atoms with van der Waals surface area (Å²) in [4.78, 5) is 15.7. The summed E-state index contributed by atoms with van der Waals surface area (Å²) in [6.45, 7) is 0.342. The lowest BCUT2D eigenvalue weighted by Gasteiger charge is -2.20. The minimum atomic E-state index is 0.104. The maximum absolute atomic E-state index is 12.3. The highest BCUT2D eigenvalue weighted by molar-refractivity contribution is 9.10. The molecule has 0 saturated heterocycles. The van der Waals surface area contributed by atoms with Crippen LogP contribution in [0.15, 0.2) is 88.7 Å². The Kier molecular flexibility index (Phi) is 5.51. The van der Waals surface area contributed by atoms with E-state index >= 15 is 0 Å². The van der Waals surface area contributed by atoms with E-state index in [2.05, 4.69) is 66.5 Å². The number of likely N-dealkylation sites (N-methyl/N-ethyl adjacent to an activating group) is 1. The second-order valence-electron chi connectivity index (χ2n) is 6.47. The summed E-state index contributed by atoms with van der Waals surface area (Å²) < 4.78 is 0.977. The molecule has 0 aromatic heterocycles. The molecule has 0 radical (unpaired) electrons. The molecule has 25 heavy (non-hydrogen) atoms. The van der Waals surface area contributed by atoms with Crippen molar-refractivity contribution in [1.29, 1.82) is 0 Å². The molecule has 3 rings (SSSR count). The van der Waals surface area contributed by atoms with Crippen molar-refractivity contribution in [2.45, 2.75) is 6.04 Å². The third-order valence-electron chi connectivity index (χ3n) is 4.35. The first kappa shape index (κ1) is 17.6. The van der Waals surface area contributed by atoms with Gasteiger partial charge in [-0.3, -0.25) is 4.79 Å². The minimum absolute atomic E-state index is 0.104. The van der Waals surface area contributed by atoms with Gasteiger partial charge in [-0.1, -0.05) is 40.2 Å². The van der Waals surface area contributed by atoms with E-state index in [1.165, 1.54) is 10.5 Å². The summed E-state index contributed by atoms with van der Waals surface area (Å²) in [5.41, 5.74) is 3.08. The van der Waals surface area contributed by atoms with Crippen LogP contribution in [0.25, 0.3) is 0 Å². The Morgan fingerprint density at radius 2 is 1.56 bits per heavy atom. The molecule has 1 heterocycles. The van der Waals surface area contributed by atoms with Crippen LogP contribution in [0.2, 0.25) is 0 Å². The van der Waals surface area contributed by atoms with E-state index < -0.39 is 0 Å². The molecule has 1 aliphatic carbocycles. The molecule has 0 spiro atoms. The number of hydrogen-bond acceptors (Lipinski definition) is 2. The van der Waals surface area contributed by atoms with Crippen LogP contribution >= 0.6 is 15.9 Å². The van der Waals surface area contributed by atoms with Gasteiger partial charge in [-0.05, 0) is 47.6 Å². The normalized spacial score (nSPS) is 19.2. The lowest BCUT2D eigenvalue weighted by atomic mass is 9.99. The number of carbonyl (C=O) groups excluding carboxylic acids is 1. The molecule has 4 heteroatoms. The lowest BCUT2D eigenvalue weighted by molar-refractivity contribution is -0.871. The van der Waals surface area contributed by atoms with E-state index in [4.69, 9.17) is 0 Å². The zero-order valence-corrected chi connectivity index (χ0v) is 16.0. The molecular weight excluding hydrogens is 376 g/mol. The Morgan fingerprint density at radius 1 is 1.00 bits per heavy atom. The Morgan fingerprint density at radius 3 is 2.12 bits per heavy atom. The Hall–Kier alpha value is -2.17. The summed E-state index contributed by atoms with van der Waals surface area (Å²) in [7, 11) is 4.30. The molecule has 0 unspecified atom stereocenters. The molecule has 0 bridgehead atoms. The van der Waals surface area contributed by atoms with E-state index in [1.807, 2.05) is 41.6 Å². The van der Waals surface area contributed by atoms with Crippen molar-refractivity contribution in [1.82, 2.24) is 4.90 Å². The Bertz CT molecular complexity index is 766. The summed E-state index contributed by atoms with van der Waals surface area (Å²) >= 11 is 3.39. The van der Waals surface area contributed by atoms with Crippen molar-refractivity contribution >= 4 is 21.7 Å². The Balaban J connectivity index is 1.64.